The van der Waals surface area contributed by atoms with Crippen molar-refractivity contribution in [2.75, 3.05) is 49.2 Å². The fourth-order valence-electron chi connectivity index (χ4n) is 5.43. The van der Waals surface area contributed by atoms with Gasteiger partial charge in [0.1, 0.15) is 24.7 Å². The molecular weight excluding hydrogens is 540 g/mol. The molecule has 0 amide bonds. The van der Waals surface area contributed by atoms with Gasteiger partial charge in [0.25, 0.3) is 0 Å². The van der Waals surface area contributed by atoms with Crippen molar-refractivity contribution in [2.24, 2.45) is 0 Å². The molecule has 0 aliphatic rings. The van der Waals surface area contributed by atoms with Gasteiger partial charge in [0, 0.05) is 43.6 Å². The van der Waals surface area contributed by atoms with E-state index in [4.69, 9.17) is 9.47 Å². The van der Waals surface area contributed by atoms with Gasteiger partial charge in [-0.2, -0.15) is 0 Å². The lowest BCUT2D eigenvalue weighted by Gasteiger charge is -2.30. The predicted octanol–water partition coefficient (Wildman–Crippen LogP) is 11.4. The first-order valence-corrected chi connectivity index (χ1v) is 17.5. The summed E-state index contributed by atoms with van der Waals surface area (Å²) in [6.07, 6.45) is 23.0. The van der Waals surface area contributed by atoms with E-state index in [0.29, 0.717) is 13.2 Å². The quantitative estimate of drug-likeness (QED) is 0.0607. The standard InChI is InChI=1S/C40H62N2O2/c1-7-13-17-25-41(26-18-14-8-2)37-24-23-36(40(33-37)42(27-19-15-9-3)28-20-16-10-4)22-21-35-31-38(43-29-11-5)34-39(32-35)44-30-12-6/h11-12,21-24,31-34H,5-10,13-20,25-30H2,1-4H3/b22-21+. The minimum Gasteiger partial charge on any atom is -0.489 e. The Morgan fingerprint density at radius 3 is 1.50 bits per heavy atom. The molecule has 4 nitrogen and oxygen atoms in total. The second-order valence-electron chi connectivity index (χ2n) is 11.8. The summed E-state index contributed by atoms with van der Waals surface area (Å²) in [5.74, 6) is 1.55. The largest absolute Gasteiger partial charge is 0.489 e. The molecule has 0 fully saturated rings. The second kappa shape index (κ2) is 23.3. The van der Waals surface area contributed by atoms with Crippen LogP contribution in [0.3, 0.4) is 0 Å². The summed E-state index contributed by atoms with van der Waals surface area (Å²) in [6.45, 7) is 22.1. The van der Waals surface area contributed by atoms with Crippen molar-refractivity contribution >= 4 is 23.5 Å². The number of benzene rings is 2. The molecule has 0 spiro atoms. The van der Waals surface area contributed by atoms with E-state index in [0.717, 1.165) is 43.2 Å². The molecule has 244 valence electrons. The Hall–Kier alpha value is -3.14. The zero-order valence-corrected chi connectivity index (χ0v) is 28.6. The molecule has 0 atom stereocenters. The fraction of sp³-hybridized carbons (Fsp3) is 0.550. The van der Waals surface area contributed by atoms with Crippen molar-refractivity contribution < 1.29 is 9.47 Å². The molecule has 2 aromatic carbocycles. The molecule has 0 radical (unpaired) electrons. The molecule has 0 aliphatic heterocycles. The number of hydrogen-bond donors (Lipinski definition) is 0. The van der Waals surface area contributed by atoms with Gasteiger partial charge in [0.15, 0.2) is 0 Å². The van der Waals surface area contributed by atoms with Crippen LogP contribution in [0.25, 0.3) is 12.2 Å². The molecule has 2 rings (SSSR count). The molecule has 0 aromatic heterocycles. The van der Waals surface area contributed by atoms with Gasteiger partial charge in [-0.15, -0.1) is 0 Å². The van der Waals surface area contributed by atoms with Crippen molar-refractivity contribution in [3.8, 4) is 11.5 Å². The topological polar surface area (TPSA) is 24.9 Å². The summed E-state index contributed by atoms with van der Waals surface area (Å²) in [6, 6.07) is 13.2. The van der Waals surface area contributed by atoms with Crippen molar-refractivity contribution in [3.05, 3.63) is 72.8 Å². The maximum Gasteiger partial charge on any atom is 0.124 e. The average Bonchev–Trinajstić information content (AvgIpc) is 3.04. The van der Waals surface area contributed by atoms with Gasteiger partial charge in [0.2, 0.25) is 0 Å². The lowest BCUT2D eigenvalue weighted by Crippen LogP contribution is -2.28. The van der Waals surface area contributed by atoms with Crippen molar-refractivity contribution in [1.82, 2.24) is 0 Å². The highest BCUT2D eigenvalue weighted by atomic mass is 16.5. The Bertz CT molecular complexity index is 1040. The first-order valence-electron chi connectivity index (χ1n) is 17.5. The fourth-order valence-corrected chi connectivity index (χ4v) is 5.43. The minimum absolute atomic E-state index is 0.456. The first kappa shape index (κ1) is 37.0. The number of hydrogen-bond acceptors (Lipinski definition) is 4. The normalized spacial score (nSPS) is 11.1. The Morgan fingerprint density at radius 2 is 1.05 bits per heavy atom. The van der Waals surface area contributed by atoms with Crippen LogP contribution in [-0.2, 0) is 0 Å². The predicted molar refractivity (Wildman–Crippen MR) is 196 cm³/mol. The van der Waals surface area contributed by atoms with Gasteiger partial charge in [-0.3, -0.25) is 0 Å². The van der Waals surface area contributed by atoms with Gasteiger partial charge in [-0.25, -0.2) is 0 Å². The third kappa shape index (κ3) is 14.1. The van der Waals surface area contributed by atoms with E-state index in [2.05, 4.69) is 93.1 Å². The number of nitrogens with zero attached hydrogens (tertiary/aromatic N) is 2. The molecule has 0 saturated heterocycles. The highest BCUT2D eigenvalue weighted by Gasteiger charge is 2.15. The molecule has 44 heavy (non-hydrogen) atoms. The average molecular weight is 603 g/mol. The van der Waals surface area contributed by atoms with E-state index < -0.39 is 0 Å². The Morgan fingerprint density at radius 1 is 0.568 bits per heavy atom. The van der Waals surface area contributed by atoms with Gasteiger partial charge in [-0.05, 0) is 61.1 Å². The van der Waals surface area contributed by atoms with Crippen LogP contribution in [0.2, 0.25) is 0 Å². The van der Waals surface area contributed by atoms with Crippen LogP contribution in [-0.4, -0.2) is 39.4 Å². The molecule has 0 aliphatic carbocycles. The zero-order chi connectivity index (χ0) is 31.8. The maximum absolute atomic E-state index is 5.89. The summed E-state index contributed by atoms with van der Waals surface area (Å²) in [5, 5.41) is 0. The molecule has 4 heteroatoms. The van der Waals surface area contributed by atoms with E-state index in [-0.39, 0.29) is 0 Å². The molecule has 0 heterocycles. The second-order valence-corrected chi connectivity index (χ2v) is 11.8. The monoisotopic (exact) mass is 602 g/mol. The van der Waals surface area contributed by atoms with Crippen LogP contribution in [0.1, 0.15) is 116 Å². The van der Waals surface area contributed by atoms with Crippen molar-refractivity contribution in [2.45, 2.75) is 105 Å². The summed E-state index contributed by atoms with van der Waals surface area (Å²) >= 11 is 0. The first-order chi connectivity index (χ1) is 21.6. The highest BCUT2D eigenvalue weighted by molar-refractivity contribution is 5.80. The number of anilines is 2. The van der Waals surface area contributed by atoms with Gasteiger partial charge in [-0.1, -0.05) is 123 Å². The third-order valence-corrected chi connectivity index (χ3v) is 7.94. The summed E-state index contributed by atoms with van der Waals surface area (Å²) in [7, 11) is 0. The van der Waals surface area contributed by atoms with E-state index in [1.165, 1.54) is 94.0 Å². The summed E-state index contributed by atoms with van der Waals surface area (Å²) < 4.78 is 11.8. The van der Waals surface area contributed by atoms with Crippen molar-refractivity contribution in [3.63, 3.8) is 0 Å². The molecule has 2 aromatic rings. The SMILES string of the molecule is C=CCOc1cc(/C=C/c2ccc(N(CCCCC)CCCCC)cc2N(CCCCC)CCCCC)cc(OCC=C)c1. The summed E-state index contributed by atoms with van der Waals surface area (Å²) in [5.41, 5.74) is 5.02. The highest BCUT2D eigenvalue weighted by Crippen LogP contribution is 2.31. The Labute approximate surface area is 270 Å². The van der Waals surface area contributed by atoms with E-state index >= 15 is 0 Å². The number of rotatable bonds is 26. The van der Waals surface area contributed by atoms with Gasteiger partial charge < -0.3 is 19.3 Å². The van der Waals surface area contributed by atoms with Crippen LogP contribution in [0.5, 0.6) is 11.5 Å². The third-order valence-electron chi connectivity index (χ3n) is 7.94. The van der Waals surface area contributed by atoms with Crippen LogP contribution in [0.4, 0.5) is 11.4 Å². The van der Waals surface area contributed by atoms with Crippen molar-refractivity contribution in [1.29, 1.82) is 0 Å². The minimum atomic E-state index is 0.456. The molecule has 0 N–H and O–H groups in total. The molecule has 0 bridgehead atoms. The van der Waals surface area contributed by atoms with Crippen LogP contribution >= 0.6 is 0 Å². The molecular formula is C40H62N2O2. The van der Waals surface area contributed by atoms with Crippen LogP contribution < -0.4 is 19.3 Å². The Kier molecular flexibility index (Phi) is 19.6. The van der Waals surface area contributed by atoms with Gasteiger partial charge in [0.05, 0.1) is 0 Å². The van der Waals surface area contributed by atoms with Crippen LogP contribution in [0.15, 0.2) is 61.7 Å². The lowest BCUT2D eigenvalue weighted by atomic mass is 10.1. The lowest BCUT2D eigenvalue weighted by molar-refractivity contribution is 0.345. The number of unbranched alkanes of at least 4 members (excludes halogenated alkanes) is 8. The van der Waals surface area contributed by atoms with Gasteiger partial charge >= 0.3 is 0 Å². The van der Waals surface area contributed by atoms with E-state index in [1.54, 1.807) is 12.2 Å². The summed E-state index contributed by atoms with van der Waals surface area (Å²) in [4.78, 5) is 5.30. The zero-order valence-electron chi connectivity index (χ0n) is 28.6. The van der Waals surface area contributed by atoms with E-state index in [9.17, 15) is 0 Å². The Balaban J connectivity index is 2.54. The van der Waals surface area contributed by atoms with E-state index in [1.807, 2.05) is 6.07 Å². The van der Waals surface area contributed by atoms with Crippen LogP contribution in [0, 0.1) is 0 Å². The maximum atomic E-state index is 5.89. The molecule has 0 saturated carbocycles. The molecule has 0 unspecified atom stereocenters. The smallest absolute Gasteiger partial charge is 0.124 e. The number of ether oxygens (including phenoxy) is 2.